The Bertz CT molecular complexity index is 260. The molecule has 0 aromatic carbocycles. The van der Waals surface area contributed by atoms with E-state index in [1.165, 1.54) is 16.9 Å². The van der Waals surface area contributed by atoms with Crippen LogP contribution in [-0.2, 0) is 11.2 Å². The van der Waals surface area contributed by atoms with E-state index in [1.54, 1.807) is 0 Å². The van der Waals surface area contributed by atoms with Crippen LogP contribution in [0, 0.1) is 6.92 Å². The van der Waals surface area contributed by atoms with Gasteiger partial charge in [0.1, 0.15) is 0 Å². The quantitative estimate of drug-likeness (QED) is 0.689. The van der Waals surface area contributed by atoms with Crippen LogP contribution in [0.3, 0.4) is 0 Å². The van der Waals surface area contributed by atoms with Crippen LogP contribution in [0.25, 0.3) is 0 Å². The van der Waals surface area contributed by atoms with Crippen molar-refractivity contribution in [3.63, 3.8) is 0 Å². The van der Waals surface area contributed by atoms with Crippen molar-refractivity contribution in [2.24, 2.45) is 0 Å². The molecule has 0 saturated heterocycles. The van der Waals surface area contributed by atoms with Crippen LogP contribution in [0.15, 0.2) is 11.4 Å². The summed E-state index contributed by atoms with van der Waals surface area (Å²) in [5.41, 5.74) is 1.40. The number of aryl methyl sites for hydroxylation is 1. The average molecular weight is 227 g/mol. The lowest BCUT2D eigenvalue weighted by Crippen LogP contribution is -2.20. The molecular weight excluding hydrogens is 206 g/mol. The van der Waals surface area contributed by atoms with E-state index in [-0.39, 0.29) is 0 Å². The summed E-state index contributed by atoms with van der Waals surface area (Å²) in [6.45, 7) is 8.06. The Kier molecular flexibility index (Phi) is 6.64. The summed E-state index contributed by atoms with van der Waals surface area (Å²) in [5, 5.41) is 5.46. The zero-order chi connectivity index (χ0) is 10.9. The first-order valence-electron chi connectivity index (χ1n) is 5.66. The minimum atomic E-state index is 0.824. The Morgan fingerprint density at radius 2 is 2.20 bits per heavy atom. The van der Waals surface area contributed by atoms with E-state index in [1.807, 2.05) is 11.3 Å². The molecule has 0 amide bonds. The summed E-state index contributed by atoms with van der Waals surface area (Å²) in [6, 6.07) is 2.17. The molecule has 0 atom stereocenters. The Morgan fingerprint density at radius 3 is 2.87 bits per heavy atom. The number of ether oxygens (including phenoxy) is 1. The number of hydrogen-bond acceptors (Lipinski definition) is 3. The molecule has 86 valence electrons. The fourth-order valence-electron chi connectivity index (χ4n) is 1.37. The molecule has 0 radical (unpaired) electrons. The summed E-state index contributed by atoms with van der Waals surface area (Å²) in [6.07, 6.45) is 2.24. The van der Waals surface area contributed by atoms with E-state index in [0.29, 0.717) is 0 Å². The van der Waals surface area contributed by atoms with Gasteiger partial charge in [0.2, 0.25) is 0 Å². The molecular formula is C12H21NOS. The third-order valence-corrected chi connectivity index (χ3v) is 3.37. The molecule has 0 aliphatic carbocycles. The van der Waals surface area contributed by atoms with Crippen LogP contribution < -0.4 is 5.32 Å². The molecule has 0 aliphatic rings. The van der Waals surface area contributed by atoms with Gasteiger partial charge in [-0.2, -0.15) is 0 Å². The van der Waals surface area contributed by atoms with Gasteiger partial charge in [0, 0.05) is 17.8 Å². The van der Waals surface area contributed by atoms with Crippen LogP contribution in [-0.4, -0.2) is 26.3 Å². The molecule has 0 fully saturated rings. The summed E-state index contributed by atoms with van der Waals surface area (Å²) in [5.74, 6) is 0. The fraction of sp³-hybridized carbons (Fsp3) is 0.667. The summed E-state index contributed by atoms with van der Waals surface area (Å²) in [7, 11) is 0. The summed E-state index contributed by atoms with van der Waals surface area (Å²) in [4.78, 5) is 1.46. The van der Waals surface area contributed by atoms with Crippen molar-refractivity contribution in [2.75, 3.05) is 26.3 Å². The second-order valence-electron chi connectivity index (χ2n) is 3.64. The Hall–Kier alpha value is -0.380. The van der Waals surface area contributed by atoms with Crippen molar-refractivity contribution in [1.82, 2.24) is 5.32 Å². The SMILES string of the molecule is CCCNCCOCCc1sccc1C. The van der Waals surface area contributed by atoms with Crippen molar-refractivity contribution in [1.29, 1.82) is 0 Å². The van der Waals surface area contributed by atoms with Gasteiger partial charge in [-0.05, 0) is 36.9 Å². The molecule has 2 nitrogen and oxygen atoms in total. The second kappa shape index (κ2) is 7.85. The van der Waals surface area contributed by atoms with E-state index in [4.69, 9.17) is 4.74 Å². The first kappa shape index (κ1) is 12.7. The van der Waals surface area contributed by atoms with Gasteiger partial charge in [0.05, 0.1) is 13.2 Å². The van der Waals surface area contributed by atoms with Crippen LogP contribution in [0.2, 0.25) is 0 Å². The normalized spacial score (nSPS) is 10.8. The molecule has 0 spiro atoms. The van der Waals surface area contributed by atoms with Gasteiger partial charge in [-0.3, -0.25) is 0 Å². The van der Waals surface area contributed by atoms with Crippen LogP contribution >= 0.6 is 11.3 Å². The molecule has 0 unspecified atom stereocenters. The van der Waals surface area contributed by atoms with Crippen molar-refractivity contribution >= 4 is 11.3 Å². The lowest BCUT2D eigenvalue weighted by Gasteiger charge is -2.04. The molecule has 0 saturated carbocycles. The molecule has 15 heavy (non-hydrogen) atoms. The lowest BCUT2D eigenvalue weighted by molar-refractivity contribution is 0.139. The minimum absolute atomic E-state index is 0.824. The van der Waals surface area contributed by atoms with Gasteiger partial charge in [0.25, 0.3) is 0 Å². The van der Waals surface area contributed by atoms with Gasteiger partial charge < -0.3 is 10.1 Å². The second-order valence-corrected chi connectivity index (χ2v) is 4.64. The van der Waals surface area contributed by atoms with Crippen molar-refractivity contribution < 1.29 is 4.74 Å². The molecule has 0 bridgehead atoms. The van der Waals surface area contributed by atoms with Crippen LogP contribution in [0.4, 0.5) is 0 Å². The highest BCUT2D eigenvalue weighted by Crippen LogP contribution is 2.15. The molecule has 1 aromatic rings. The third-order valence-electron chi connectivity index (χ3n) is 2.29. The Labute approximate surface area is 96.7 Å². The smallest absolute Gasteiger partial charge is 0.0591 e. The van der Waals surface area contributed by atoms with E-state index >= 15 is 0 Å². The number of hydrogen-bond donors (Lipinski definition) is 1. The van der Waals surface area contributed by atoms with Crippen molar-refractivity contribution in [2.45, 2.75) is 26.7 Å². The zero-order valence-electron chi connectivity index (χ0n) is 9.71. The highest BCUT2D eigenvalue weighted by atomic mass is 32.1. The predicted molar refractivity (Wildman–Crippen MR) is 66.7 cm³/mol. The van der Waals surface area contributed by atoms with E-state index in [0.717, 1.165) is 32.7 Å². The van der Waals surface area contributed by atoms with Gasteiger partial charge >= 0.3 is 0 Å². The first-order chi connectivity index (χ1) is 7.34. The van der Waals surface area contributed by atoms with Crippen molar-refractivity contribution in [3.05, 3.63) is 21.9 Å². The predicted octanol–water partition coefficient (Wildman–Crippen LogP) is 2.62. The number of thiophene rings is 1. The number of rotatable bonds is 8. The van der Waals surface area contributed by atoms with Crippen molar-refractivity contribution in [3.8, 4) is 0 Å². The summed E-state index contributed by atoms with van der Waals surface area (Å²) >= 11 is 1.83. The highest BCUT2D eigenvalue weighted by molar-refractivity contribution is 7.10. The maximum Gasteiger partial charge on any atom is 0.0591 e. The lowest BCUT2D eigenvalue weighted by atomic mass is 10.2. The topological polar surface area (TPSA) is 21.3 Å². The molecule has 3 heteroatoms. The van der Waals surface area contributed by atoms with Gasteiger partial charge in [-0.15, -0.1) is 11.3 Å². The van der Waals surface area contributed by atoms with Gasteiger partial charge in [0.15, 0.2) is 0 Å². The van der Waals surface area contributed by atoms with E-state index in [9.17, 15) is 0 Å². The van der Waals surface area contributed by atoms with E-state index in [2.05, 4.69) is 30.6 Å². The number of nitrogens with one attached hydrogen (secondary N) is 1. The largest absolute Gasteiger partial charge is 0.380 e. The first-order valence-corrected chi connectivity index (χ1v) is 6.54. The fourth-order valence-corrected chi connectivity index (χ4v) is 2.26. The van der Waals surface area contributed by atoms with Gasteiger partial charge in [-0.25, -0.2) is 0 Å². The molecule has 1 aromatic heterocycles. The zero-order valence-corrected chi connectivity index (χ0v) is 10.5. The van der Waals surface area contributed by atoms with Crippen LogP contribution in [0.1, 0.15) is 23.8 Å². The molecule has 1 rings (SSSR count). The monoisotopic (exact) mass is 227 g/mol. The van der Waals surface area contributed by atoms with Gasteiger partial charge in [-0.1, -0.05) is 6.92 Å². The average Bonchev–Trinajstić information content (AvgIpc) is 2.63. The third kappa shape index (κ3) is 5.30. The molecule has 1 heterocycles. The molecule has 1 N–H and O–H groups in total. The Morgan fingerprint density at radius 1 is 1.33 bits per heavy atom. The minimum Gasteiger partial charge on any atom is -0.380 e. The highest BCUT2D eigenvalue weighted by Gasteiger charge is 1.98. The molecule has 0 aliphatic heterocycles. The summed E-state index contributed by atoms with van der Waals surface area (Å²) < 4.78 is 5.55. The maximum atomic E-state index is 5.55. The maximum absolute atomic E-state index is 5.55. The van der Waals surface area contributed by atoms with E-state index < -0.39 is 0 Å². The Balaban J connectivity index is 1.96. The van der Waals surface area contributed by atoms with Crippen LogP contribution in [0.5, 0.6) is 0 Å². The standard InChI is InChI=1S/C12H21NOS/c1-3-6-13-7-9-14-8-4-12-11(2)5-10-15-12/h5,10,13H,3-4,6-9H2,1-2H3.